The Kier molecular flexibility index (Phi) is 5.31. The smallest absolute Gasteiger partial charge is 0.314 e. The van der Waals surface area contributed by atoms with E-state index in [9.17, 15) is 14.4 Å². The predicted molar refractivity (Wildman–Crippen MR) is 94.5 cm³/mol. The summed E-state index contributed by atoms with van der Waals surface area (Å²) in [6, 6.07) is 13.5. The Balaban J connectivity index is 2.00. The highest BCUT2D eigenvalue weighted by molar-refractivity contribution is 6.43. The van der Waals surface area contributed by atoms with Gasteiger partial charge < -0.3 is 15.5 Å². The summed E-state index contributed by atoms with van der Waals surface area (Å²) in [7, 11) is 3.83. The standard InChI is InChI=1S/C18H19N3O3/c1-12(22)13-5-4-6-15(11-13)20-18(24)17(23)19-14-7-9-16(10-8-14)21(2)3/h4-11H,1-3H3,(H,19,23)(H,20,24). The molecule has 0 aliphatic carbocycles. The van der Waals surface area contributed by atoms with E-state index < -0.39 is 11.8 Å². The van der Waals surface area contributed by atoms with Crippen LogP contribution in [0.2, 0.25) is 0 Å². The molecule has 2 aromatic rings. The van der Waals surface area contributed by atoms with E-state index >= 15 is 0 Å². The number of hydrogen-bond acceptors (Lipinski definition) is 4. The Bertz CT molecular complexity index is 767. The van der Waals surface area contributed by atoms with Crippen LogP contribution in [-0.2, 0) is 9.59 Å². The Hall–Kier alpha value is -3.15. The van der Waals surface area contributed by atoms with Crippen LogP contribution in [-0.4, -0.2) is 31.7 Å². The van der Waals surface area contributed by atoms with Crippen molar-refractivity contribution >= 4 is 34.7 Å². The van der Waals surface area contributed by atoms with Crippen molar-refractivity contribution < 1.29 is 14.4 Å². The number of carbonyl (C=O) groups excluding carboxylic acids is 3. The Morgan fingerprint density at radius 1 is 0.833 bits per heavy atom. The number of nitrogens with zero attached hydrogens (tertiary/aromatic N) is 1. The van der Waals surface area contributed by atoms with Gasteiger partial charge in [-0.1, -0.05) is 12.1 Å². The van der Waals surface area contributed by atoms with Crippen molar-refractivity contribution in [2.24, 2.45) is 0 Å². The average molecular weight is 325 g/mol. The molecule has 0 radical (unpaired) electrons. The van der Waals surface area contributed by atoms with Gasteiger partial charge in [0.15, 0.2) is 5.78 Å². The molecule has 0 aliphatic heterocycles. The maximum Gasteiger partial charge on any atom is 0.314 e. The second-order valence-electron chi connectivity index (χ2n) is 5.49. The van der Waals surface area contributed by atoms with Crippen LogP contribution in [0.5, 0.6) is 0 Å². The van der Waals surface area contributed by atoms with Gasteiger partial charge in [-0.05, 0) is 43.3 Å². The van der Waals surface area contributed by atoms with Crippen LogP contribution in [0.15, 0.2) is 48.5 Å². The molecule has 0 heterocycles. The molecule has 2 aromatic carbocycles. The number of Topliss-reactive ketones (excluding diaryl/α,β-unsaturated/α-hetero) is 1. The van der Waals surface area contributed by atoms with Crippen molar-refractivity contribution in [1.82, 2.24) is 0 Å². The molecular formula is C18H19N3O3. The second-order valence-corrected chi connectivity index (χ2v) is 5.49. The maximum absolute atomic E-state index is 12.0. The van der Waals surface area contributed by atoms with Crippen LogP contribution in [0, 0.1) is 0 Å². The first-order chi connectivity index (χ1) is 11.4. The first-order valence-corrected chi connectivity index (χ1v) is 7.37. The fourth-order valence-electron chi connectivity index (χ4n) is 2.03. The highest BCUT2D eigenvalue weighted by Crippen LogP contribution is 2.16. The summed E-state index contributed by atoms with van der Waals surface area (Å²) in [5.41, 5.74) is 2.37. The van der Waals surface area contributed by atoms with Crippen LogP contribution in [0.25, 0.3) is 0 Å². The van der Waals surface area contributed by atoms with Gasteiger partial charge in [0.25, 0.3) is 0 Å². The molecule has 2 amide bonds. The monoisotopic (exact) mass is 325 g/mol. The lowest BCUT2D eigenvalue weighted by molar-refractivity contribution is -0.132. The Morgan fingerprint density at radius 2 is 1.42 bits per heavy atom. The van der Waals surface area contributed by atoms with Gasteiger partial charge in [-0.2, -0.15) is 0 Å². The van der Waals surface area contributed by atoms with Gasteiger partial charge in [0.05, 0.1) is 0 Å². The molecule has 0 aromatic heterocycles. The molecule has 0 unspecified atom stereocenters. The number of hydrogen-bond donors (Lipinski definition) is 2. The molecular weight excluding hydrogens is 306 g/mol. The lowest BCUT2D eigenvalue weighted by atomic mass is 10.1. The van der Waals surface area contributed by atoms with Crippen LogP contribution >= 0.6 is 0 Å². The molecule has 124 valence electrons. The molecule has 2 rings (SSSR count). The van der Waals surface area contributed by atoms with E-state index in [0.29, 0.717) is 16.9 Å². The topological polar surface area (TPSA) is 78.5 Å². The summed E-state index contributed by atoms with van der Waals surface area (Å²) in [5, 5.41) is 5.00. The lowest BCUT2D eigenvalue weighted by Gasteiger charge is -2.13. The third-order valence-electron chi connectivity index (χ3n) is 3.37. The Labute approximate surface area is 140 Å². The van der Waals surface area contributed by atoms with Gasteiger partial charge in [-0.3, -0.25) is 14.4 Å². The van der Waals surface area contributed by atoms with E-state index in [1.165, 1.54) is 13.0 Å². The number of nitrogens with one attached hydrogen (secondary N) is 2. The minimum atomic E-state index is -0.799. The summed E-state index contributed by atoms with van der Waals surface area (Å²) < 4.78 is 0. The maximum atomic E-state index is 12.0. The number of amides is 2. The second kappa shape index (κ2) is 7.41. The summed E-state index contributed by atoms with van der Waals surface area (Å²) in [5.74, 6) is -1.69. The van der Waals surface area contributed by atoms with Gasteiger partial charge in [0, 0.05) is 36.7 Å². The number of anilines is 3. The molecule has 0 spiro atoms. The van der Waals surface area contributed by atoms with Crippen molar-refractivity contribution in [3.8, 4) is 0 Å². The fraction of sp³-hybridized carbons (Fsp3) is 0.167. The summed E-state index contributed by atoms with van der Waals surface area (Å²) >= 11 is 0. The van der Waals surface area contributed by atoms with Gasteiger partial charge in [-0.25, -0.2) is 0 Å². The van der Waals surface area contributed by atoms with E-state index in [1.54, 1.807) is 30.3 Å². The van der Waals surface area contributed by atoms with Crippen LogP contribution in [0.4, 0.5) is 17.1 Å². The molecule has 0 saturated heterocycles. The van der Waals surface area contributed by atoms with Crippen LogP contribution < -0.4 is 15.5 Å². The first kappa shape index (κ1) is 17.2. The summed E-state index contributed by atoms with van der Waals surface area (Å²) in [4.78, 5) is 37.2. The minimum Gasteiger partial charge on any atom is -0.378 e. The zero-order valence-electron chi connectivity index (χ0n) is 13.8. The van der Waals surface area contributed by atoms with Crippen molar-refractivity contribution in [1.29, 1.82) is 0 Å². The summed E-state index contributed by atoms with van der Waals surface area (Å²) in [6.45, 7) is 1.44. The SMILES string of the molecule is CC(=O)c1cccc(NC(=O)C(=O)Nc2ccc(N(C)C)cc2)c1. The average Bonchev–Trinajstić information content (AvgIpc) is 2.55. The number of ketones is 1. The highest BCUT2D eigenvalue weighted by atomic mass is 16.2. The van der Waals surface area contributed by atoms with Gasteiger partial charge in [-0.15, -0.1) is 0 Å². The molecule has 0 saturated carbocycles. The van der Waals surface area contributed by atoms with E-state index in [0.717, 1.165) is 5.69 Å². The van der Waals surface area contributed by atoms with Gasteiger partial charge in [0.1, 0.15) is 0 Å². The molecule has 0 aliphatic rings. The fourth-order valence-corrected chi connectivity index (χ4v) is 2.03. The molecule has 6 heteroatoms. The van der Waals surface area contributed by atoms with E-state index in [4.69, 9.17) is 0 Å². The Morgan fingerprint density at radius 3 is 1.96 bits per heavy atom. The minimum absolute atomic E-state index is 0.114. The largest absolute Gasteiger partial charge is 0.378 e. The number of carbonyl (C=O) groups is 3. The van der Waals surface area contributed by atoms with Gasteiger partial charge >= 0.3 is 11.8 Å². The first-order valence-electron chi connectivity index (χ1n) is 7.37. The third kappa shape index (κ3) is 4.42. The van der Waals surface area contributed by atoms with Crippen LogP contribution in [0.1, 0.15) is 17.3 Å². The number of benzene rings is 2. The van der Waals surface area contributed by atoms with Crippen molar-refractivity contribution in [3.63, 3.8) is 0 Å². The van der Waals surface area contributed by atoms with Crippen molar-refractivity contribution in [2.45, 2.75) is 6.92 Å². The summed E-state index contributed by atoms with van der Waals surface area (Å²) in [6.07, 6.45) is 0. The molecule has 0 bridgehead atoms. The molecule has 2 N–H and O–H groups in total. The predicted octanol–water partition coefficient (Wildman–Crippen LogP) is 2.53. The zero-order valence-corrected chi connectivity index (χ0v) is 13.8. The zero-order chi connectivity index (χ0) is 17.7. The molecule has 6 nitrogen and oxygen atoms in total. The highest BCUT2D eigenvalue weighted by Gasteiger charge is 2.14. The van der Waals surface area contributed by atoms with Crippen molar-refractivity contribution in [2.75, 3.05) is 29.6 Å². The lowest BCUT2D eigenvalue weighted by Crippen LogP contribution is -2.29. The van der Waals surface area contributed by atoms with E-state index in [1.807, 2.05) is 31.1 Å². The van der Waals surface area contributed by atoms with Crippen LogP contribution in [0.3, 0.4) is 0 Å². The molecule has 0 fully saturated rings. The van der Waals surface area contributed by atoms with E-state index in [-0.39, 0.29) is 5.78 Å². The van der Waals surface area contributed by atoms with Gasteiger partial charge in [0.2, 0.25) is 0 Å². The third-order valence-corrected chi connectivity index (χ3v) is 3.37. The normalized spacial score (nSPS) is 9.96. The quantitative estimate of drug-likeness (QED) is 0.669. The number of rotatable bonds is 4. The van der Waals surface area contributed by atoms with Crippen molar-refractivity contribution in [3.05, 3.63) is 54.1 Å². The van der Waals surface area contributed by atoms with E-state index in [2.05, 4.69) is 10.6 Å². The molecule has 0 atom stereocenters. The molecule has 24 heavy (non-hydrogen) atoms.